The zero-order chi connectivity index (χ0) is 10.4. The van der Waals surface area contributed by atoms with E-state index in [2.05, 4.69) is 35.7 Å². The highest BCUT2D eigenvalue weighted by Crippen LogP contribution is 2.30. The van der Waals surface area contributed by atoms with Crippen molar-refractivity contribution in [3.8, 4) is 0 Å². The highest BCUT2D eigenvalue weighted by atomic mass is 15.0. The molecule has 0 saturated carbocycles. The Morgan fingerprint density at radius 2 is 2.00 bits per heavy atom. The summed E-state index contributed by atoms with van der Waals surface area (Å²) in [5, 5.41) is 1.37. The summed E-state index contributed by atoms with van der Waals surface area (Å²) >= 11 is 0. The first kappa shape index (κ1) is 8.96. The molecule has 2 nitrogen and oxygen atoms in total. The van der Waals surface area contributed by atoms with Gasteiger partial charge in [-0.05, 0) is 50.3 Å². The summed E-state index contributed by atoms with van der Waals surface area (Å²) in [5.74, 6) is 0. The second kappa shape index (κ2) is 3.09. The number of nitrogens with zero attached hydrogens (tertiary/aromatic N) is 2. The number of aryl methyl sites for hydroxylation is 3. The molecule has 2 aromatic heterocycles. The fourth-order valence-corrected chi connectivity index (χ4v) is 2.71. The SMILES string of the molecule is Cc1ccc2c3c(n(C)c2n1)CCCC3. The Balaban J connectivity index is 2.38. The topological polar surface area (TPSA) is 17.8 Å². The Bertz CT molecular complexity index is 523. The highest BCUT2D eigenvalue weighted by molar-refractivity contribution is 5.82. The highest BCUT2D eigenvalue weighted by Gasteiger charge is 2.18. The Labute approximate surface area is 89.9 Å². The van der Waals surface area contributed by atoms with Crippen LogP contribution in [-0.2, 0) is 19.9 Å². The van der Waals surface area contributed by atoms with Gasteiger partial charge in [-0.25, -0.2) is 4.98 Å². The molecule has 0 aromatic carbocycles. The molecule has 3 rings (SSSR count). The minimum Gasteiger partial charge on any atom is -0.332 e. The molecule has 1 aliphatic carbocycles. The van der Waals surface area contributed by atoms with Gasteiger partial charge in [0, 0.05) is 23.8 Å². The molecule has 2 heterocycles. The van der Waals surface area contributed by atoms with Crippen molar-refractivity contribution in [2.45, 2.75) is 32.6 Å². The van der Waals surface area contributed by atoms with E-state index in [0.29, 0.717) is 0 Å². The number of hydrogen-bond acceptors (Lipinski definition) is 1. The van der Waals surface area contributed by atoms with Crippen molar-refractivity contribution in [3.63, 3.8) is 0 Å². The van der Waals surface area contributed by atoms with Gasteiger partial charge in [0.2, 0.25) is 0 Å². The average Bonchev–Trinajstić information content (AvgIpc) is 2.54. The summed E-state index contributed by atoms with van der Waals surface area (Å²) in [6, 6.07) is 4.36. The van der Waals surface area contributed by atoms with Crippen LogP contribution in [0.3, 0.4) is 0 Å². The van der Waals surface area contributed by atoms with Crippen LogP contribution in [0.25, 0.3) is 11.0 Å². The zero-order valence-corrected chi connectivity index (χ0v) is 9.38. The van der Waals surface area contributed by atoms with Crippen LogP contribution in [0.5, 0.6) is 0 Å². The first-order chi connectivity index (χ1) is 7.27. The van der Waals surface area contributed by atoms with Crippen LogP contribution >= 0.6 is 0 Å². The van der Waals surface area contributed by atoms with Crippen LogP contribution in [0.1, 0.15) is 29.8 Å². The number of aromatic nitrogens is 2. The van der Waals surface area contributed by atoms with E-state index < -0.39 is 0 Å². The van der Waals surface area contributed by atoms with Gasteiger partial charge in [-0.2, -0.15) is 0 Å². The predicted molar refractivity (Wildman–Crippen MR) is 62.1 cm³/mol. The summed E-state index contributed by atoms with van der Waals surface area (Å²) in [5.41, 5.74) is 5.34. The van der Waals surface area contributed by atoms with E-state index in [0.717, 1.165) is 5.69 Å². The van der Waals surface area contributed by atoms with Crippen LogP contribution in [0.15, 0.2) is 12.1 Å². The maximum Gasteiger partial charge on any atom is 0.140 e. The first-order valence-corrected chi connectivity index (χ1v) is 5.71. The lowest BCUT2D eigenvalue weighted by Crippen LogP contribution is -2.05. The van der Waals surface area contributed by atoms with Gasteiger partial charge in [0.25, 0.3) is 0 Å². The molecular formula is C13H16N2. The standard InChI is InChI=1S/C13H16N2/c1-9-7-8-11-10-5-3-4-6-12(10)15(2)13(11)14-9/h7-8H,3-6H2,1-2H3. The van der Waals surface area contributed by atoms with Crippen molar-refractivity contribution in [2.24, 2.45) is 7.05 Å². The van der Waals surface area contributed by atoms with Gasteiger partial charge in [0.05, 0.1) is 0 Å². The van der Waals surface area contributed by atoms with E-state index in [1.807, 2.05) is 0 Å². The van der Waals surface area contributed by atoms with E-state index in [1.54, 1.807) is 5.56 Å². The second-order valence-electron chi connectivity index (χ2n) is 4.52. The molecule has 0 saturated heterocycles. The molecule has 2 aromatic rings. The quantitative estimate of drug-likeness (QED) is 0.639. The molecule has 2 heteroatoms. The van der Waals surface area contributed by atoms with Gasteiger partial charge in [0.1, 0.15) is 5.65 Å². The molecule has 0 bridgehead atoms. The summed E-state index contributed by atoms with van der Waals surface area (Å²) in [7, 11) is 2.15. The van der Waals surface area contributed by atoms with Crippen molar-refractivity contribution < 1.29 is 0 Å². The Morgan fingerprint density at radius 1 is 1.20 bits per heavy atom. The Morgan fingerprint density at radius 3 is 2.87 bits per heavy atom. The van der Waals surface area contributed by atoms with Crippen LogP contribution < -0.4 is 0 Å². The molecule has 0 amide bonds. The maximum absolute atomic E-state index is 4.64. The fraction of sp³-hybridized carbons (Fsp3) is 0.462. The van der Waals surface area contributed by atoms with Crippen molar-refractivity contribution >= 4 is 11.0 Å². The van der Waals surface area contributed by atoms with Crippen molar-refractivity contribution in [1.29, 1.82) is 0 Å². The normalized spacial score (nSPS) is 15.6. The molecule has 15 heavy (non-hydrogen) atoms. The zero-order valence-electron chi connectivity index (χ0n) is 9.38. The number of hydrogen-bond donors (Lipinski definition) is 0. The van der Waals surface area contributed by atoms with Gasteiger partial charge in [-0.15, -0.1) is 0 Å². The molecular weight excluding hydrogens is 184 g/mol. The van der Waals surface area contributed by atoms with Gasteiger partial charge in [0.15, 0.2) is 0 Å². The molecule has 0 unspecified atom stereocenters. The third kappa shape index (κ3) is 1.21. The predicted octanol–water partition coefficient (Wildman–Crippen LogP) is 2.76. The van der Waals surface area contributed by atoms with E-state index in [-0.39, 0.29) is 0 Å². The van der Waals surface area contributed by atoms with Crippen LogP contribution in [0.2, 0.25) is 0 Å². The van der Waals surface area contributed by atoms with Gasteiger partial charge in [-0.3, -0.25) is 0 Å². The van der Waals surface area contributed by atoms with Crippen molar-refractivity contribution in [1.82, 2.24) is 9.55 Å². The number of pyridine rings is 1. The van der Waals surface area contributed by atoms with E-state index in [1.165, 1.54) is 42.4 Å². The molecule has 78 valence electrons. The van der Waals surface area contributed by atoms with E-state index >= 15 is 0 Å². The lowest BCUT2D eigenvalue weighted by Gasteiger charge is -2.12. The molecule has 0 radical (unpaired) electrons. The Hall–Kier alpha value is -1.31. The van der Waals surface area contributed by atoms with E-state index in [9.17, 15) is 0 Å². The summed E-state index contributed by atoms with van der Waals surface area (Å²) in [6.07, 6.45) is 5.12. The summed E-state index contributed by atoms with van der Waals surface area (Å²) in [4.78, 5) is 4.64. The van der Waals surface area contributed by atoms with Gasteiger partial charge in [-0.1, -0.05) is 0 Å². The minimum atomic E-state index is 1.11. The largest absolute Gasteiger partial charge is 0.332 e. The second-order valence-corrected chi connectivity index (χ2v) is 4.52. The van der Waals surface area contributed by atoms with Crippen LogP contribution in [0, 0.1) is 6.92 Å². The summed E-state index contributed by atoms with van der Waals surface area (Å²) in [6.45, 7) is 2.06. The molecule has 0 atom stereocenters. The van der Waals surface area contributed by atoms with Gasteiger partial charge >= 0.3 is 0 Å². The van der Waals surface area contributed by atoms with Crippen molar-refractivity contribution in [2.75, 3.05) is 0 Å². The molecule has 0 aliphatic heterocycles. The van der Waals surface area contributed by atoms with Gasteiger partial charge < -0.3 is 4.57 Å². The van der Waals surface area contributed by atoms with Crippen LogP contribution in [0.4, 0.5) is 0 Å². The molecule has 0 spiro atoms. The van der Waals surface area contributed by atoms with E-state index in [4.69, 9.17) is 0 Å². The smallest absolute Gasteiger partial charge is 0.140 e. The number of fused-ring (bicyclic) bond motifs is 3. The first-order valence-electron chi connectivity index (χ1n) is 5.71. The maximum atomic E-state index is 4.64. The number of rotatable bonds is 0. The average molecular weight is 200 g/mol. The lowest BCUT2D eigenvalue weighted by molar-refractivity contribution is 0.652. The van der Waals surface area contributed by atoms with Crippen LogP contribution in [-0.4, -0.2) is 9.55 Å². The minimum absolute atomic E-state index is 1.11. The molecule has 1 aliphatic rings. The third-order valence-electron chi connectivity index (χ3n) is 3.50. The monoisotopic (exact) mass is 200 g/mol. The third-order valence-corrected chi connectivity index (χ3v) is 3.50. The lowest BCUT2D eigenvalue weighted by atomic mass is 9.96. The fourth-order valence-electron chi connectivity index (χ4n) is 2.71. The molecule has 0 N–H and O–H groups in total. The summed E-state index contributed by atoms with van der Waals surface area (Å²) < 4.78 is 2.29. The Kier molecular flexibility index (Phi) is 1.84. The molecule has 0 fully saturated rings. The van der Waals surface area contributed by atoms with Crippen molar-refractivity contribution in [3.05, 3.63) is 29.1 Å².